The zero-order valence-corrected chi connectivity index (χ0v) is 17.6. The molecule has 2 aliphatic rings. The van der Waals surface area contributed by atoms with Gasteiger partial charge < -0.3 is 9.88 Å². The fourth-order valence-electron chi connectivity index (χ4n) is 5.26. The molecule has 5 rings (SSSR count). The lowest BCUT2D eigenvalue weighted by Crippen LogP contribution is -2.36. The summed E-state index contributed by atoms with van der Waals surface area (Å²) in [6.07, 6.45) is 12.2. The van der Waals surface area contributed by atoms with E-state index in [4.69, 9.17) is 4.98 Å². The topological polar surface area (TPSA) is 46.9 Å². The van der Waals surface area contributed by atoms with Crippen molar-refractivity contribution in [3.63, 3.8) is 0 Å². The number of amides is 1. The molecule has 0 saturated heterocycles. The van der Waals surface area contributed by atoms with Gasteiger partial charge in [0.15, 0.2) is 0 Å². The Morgan fingerprint density at radius 3 is 2.30 bits per heavy atom. The minimum absolute atomic E-state index is 0.0391. The summed E-state index contributed by atoms with van der Waals surface area (Å²) in [5, 5.41) is 3.24. The van der Waals surface area contributed by atoms with E-state index < -0.39 is 0 Å². The zero-order chi connectivity index (χ0) is 20.3. The Balaban J connectivity index is 1.51. The number of hydrogen-bond donors (Lipinski definition) is 1. The molecule has 2 saturated carbocycles. The summed E-state index contributed by atoms with van der Waals surface area (Å²) in [6, 6.07) is 17.3. The van der Waals surface area contributed by atoms with Crippen LogP contribution in [-0.4, -0.2) is 21.5 Å². The molecule has 1 amide bonds. The maximum absolute atomic E-state index is 12.9. The Kier molecular flexibility index (Phi) is 5.56. The van der Waals surface area contributed by atoms with Gasteiger partial charge in [-0.25, -0.2) is 4.98 Å². The average Bonchev–Trinajstić information content (AvgIpc) is 3.20. The van der Waals surface area contributed by atoms with Crippen molar-refractivity contribution in [2.75, 3.05) is 0 Å². The van der Waals surface area contributed by atoms with Crippen LogP contribution >= 0.6 is 0 Å². The van der Waals surface area contributed by atoms with Crippen molar-refractivity contribution >= 4 is 16.9 Å². The minimum Gasteiger partial charge on any atom is -0.349 e. The Morgan fingerprint density at radius 2 is 1.57 bits per heavy atom. The summed E-state index contributed by atoms with van der Waals surface area (Å²) in [6.45, 7) is 0. The van der Waals surface area contributed by atoms with Crippen LogP contribution in [0, 0.1) is 0 Å². The van der Waals surface area contributed by atoms with Crippen LogP contribution < -0.4 is 5.32 Å². The lowest BCUT2D eigenvalue weighted by molar-refractivity contribution is 0.0928. The van der Waals surface area contributed by atoms with Crippen molar-refractivity contribution in [1.29, 1.82) is 0 Å². The molecule has 1 aromatic heterocycles. The third-order valence-corrected chi connectivity index (χ3v) is 6.86. The van der Waals surface area contributed by atoms with E-state index >= 15 is 0 Å². The van der Waals surface area contributed by atoms with Crippen LogP contribution in [0.1, 0.15) is 80.6 Å². The molecule has 4 heteroatoms. The highest BCUT2D eigenvalue weighted by atomic mass is 16.1. The smallest absolute Gasteiger partial charge is 0.251 e. The van der Waals surface area contributed by atoms with Gasteiger partial charge in [-0.15, -0.1) is 0 Å². The van der Waals surface area contributed by atoms with E-state index in [0.29, 0.717) is 12.1 Å². The normalized spacial score (nSPS) is 18.5. The first kappa shape index (κ1) is 19.3. The fourth-order valence-corrected chi connectivity index (χ4v) is 5.26. The SMILES string of the molecule is O=C(NC1CCCCC1)c1ccc2c(c1)nc(-c1ccccc1)n2C1CCCCC1. The van der Waals surface area contributed by atoms with Crippen molar-refractivity contribution in [3.05, 3.63) is 54.1 Å². The first-order valence-electron chi connectivity index (χ1n) is 11.7. The zero-order valence-electron chi connectivity index (χ0n) is 17.6. The second-order valence-electron chi connectivity index (χ2n) is 8.98. The predicted molar refractivity (Wildman–Crippen MR) is 122 cm³/mol. The highest BCUT2D eigenvalue weighted by Gasteiger charge is 2.23. The Bertz CT molecular complexity index is 1010. The quantitative estimate of drug-likeness (QED) is 0.560. The van der Waals surface area contributed by atoms with Crippen LogP contribution in [-0.2, 0) is 0 Å². The number of hydrogen-bond acceptors (Lipinski definition) is 2. The Labute approximate surface area is 178 Å². The number of nitrogens with one attached hydrogen (secondary N) is 1. The van der Waals surface area contributed by atoms with Gasteiger partial charge in [0.1, 0.15) is 5.82 Å². The molecule has 2 fully saturated rings. The molecule has 2 aromatic carbocycles. The molecule has 0 unspecified atom stereocenters. The standard InChI is InChI=1S/C26H31N3O/c30-26(27-21-12-6-2-7-13-21)20-16-17-24-23(18-20)28-25(19-10-4-1-5-11-19)29(24)22-14-8-3-9-15-22/h1,4-5,10-11,16-18,21-22H,2-3,6-9,12-15H2,(H,27,30). The number of aromatic nitrogens is 2. The number of carbonyl (C=O) groups is 1. The number of nitrogens with zero attached hydrogens (tertiary/aromatic N) is 2. The van der Waals surface area contributed by atoms with E-state index in [0.717, 1.165) is 40.8 Å². The molecule has 4 nitrogen and oxygen atoms in total. The van der Waals surface area contributed by atoms with Crippen LogP contribution in [0.4, 0.5) is 0 Å². The number of carbonyl (C=O) groups excluding carboxylic acids is 1. The van der Waals surface area contributed by atoms with Crippen molar-refractivity contribution in [1.82, 2.24) is 14.9 Å². The molecular formula is C26H31N3O. The molecule has 1 N–H and O–H groups in total. The number of imidazole rings is 1. The molecular weight excluding hydrogens is 370 g/mol. The van der Waals surface area contributed by atoms with E-state index in [1.165, 1.54) is 51.4 Å². The molecule has 30 heavy (non-hydrogen) atoms. The van der Waals surface area contributed by atoms with Crippen molar-refractivity contribution in [3.8, 4) is 11.4 Å². The fraction of sp³-hybridized carbons (Fsp3) is 0.462. The average molecular weight is 402 g/mol. The summed E-state index contributed by atoms with van der Waals surface area (Å²) in [7, 11) is 0. The first-order chi connectivity index (χ1) is 14.8. The van der Waals surface area contributed by atoms with E-state index in [9.17, 15) is 4.79 Å². The lowest BCUT2D eigenvalue weighted by Gasteiger charge is -2.25. The van der Waals surface area contributed by atoms with Crippen molar-refractivity contribution in [2.45, 2.75) is 76.3 Å². The maximum Gasteiger partial charge on any atom is 0.251 e. The summed E-state index contributed by atoms with van der Waals surface area (Å²) < 4.78 is 2.44. The van der Waals surface area contributed by atoms with Crippen molar-refractivity contribution < 1.29 is 4.79 Å². The van der Waals surface area contributed by atoms with Crippen LogP contribution in [0.25, 0.3) is 22.4 Å². The summed E-state index contributed by atoms with van der Waals surface area (Å²) in [4.78, 5) is 17.9. The van der Waals surface area contributed by atoms with Gasteiger partial charge >= 0.3 is 0 Å². The van der Waals surface area contributed by atoms with Gasteiger partial charge in [-0.1, -0.05) is 68.9 Å². The number of fused-ring (bicyclic) bond motifs is 1. The van der Waals surface area contributed by atoms with Gasteiger partial charge in [-0.05, 0) is 43.9 Å². The van der Waals surface area contributed by atoms with Crippen LogP contribution in [0.3, 0.4) is 0 Å². The second kappa shape index (κ2) is 8.63. The largest absolute Gasteiger partial charge is 0.349 e. The van der Waals surface area contributed by atoms with Gasteiger partial charge in [0.2, 0.25) is 0 Å². The number of rotatable bonds is 4. The third kappa shape index (κ3) is 3.88. The minimum atomic E-state index is 0.0391. The van der Waals surface area contributed by atoms with E-state index in [1.807, 2.05) is 18.2 Å². The molecule has 0 aliphatic heterocycles. The summed E-state index contributed by atoms with van der Waals surface area (Å²) >= 11 is 0. The van der Waals surface area contributed by atoms with Crippen LogP contribution in [0.2, 0.25) is 0 Å². The van der Waals surface area contributed by atoms with E-state index in [1.54, 1.807) is 0 Å². The summed E-state index contributed by atoms with van der Waals surface area (Å²) in [5.41, 5.74) is 3.94. The molecule has 0 atom stereocenters. The predicted octanol–water partition coefficient (Wildman–Crippen LogP) is 6.27. The molecule has 3 aromatic rings. The van der Waals surface area contributed by atoms with Crippen LogP contribution in [0.15, 0.2) is 48.5 Å². The molecule has 0 bridgehead atoms. The van der Waals surface area contributed by atoms with Gasteiger partial charge in [0.25, 0.3) is 5.91 Å². The molecule has 1 heterocycles. The molecule has 0 spiro atoms. The third-order valence-electron chi connectivity index (χ3n) is 6.86. The van der Waals surface area contributed by atoms with E-state index in [2.05, 4.69) is 40.2 Å². The lowest BCUT2D eigenvalue weighted by atomic mass is 9.94. The van der Waals surface area contributed by atoms with Gasteiger partial charge in [0.05, 0.1) is 11.0 Å². The van der Waals surface area contributed by atoms with Crippen molar-refractivity contribution in [2.24, 2.45) is 0 Å². The van der Waals surface area contributed by atoms with Crippen LogP contribution in [0.5, 0.6) is 0 Å². The van der Waals surface area contributed by atoms with E-state index in [-0.39, 0.29) is 5.91 Å². The highest BCUT2D eigenvalue weighted by molar-refractivity contribution is 5.98. The monoisotopic (exact) mass is 401 g/mol. The van der Waals surface area contributed by atoms with Gasteiger partial charge in [-0.3, -0.25) is 4.79 Å². The number of benzene rings is 2. The first-order valence-corrected chi connectivity index (χ1v) is 11.7. The highest BCUT2D eigenvalue weighted by Crippen LogP contribution is 2.36. The molecule has 156 valence electrons. The summed E-state index contributed by atoms with van der Waals surface area (Å²) in [5.74, 6) is 1.07. The molecule has 0 radical (unpaired) electrons. The Hall–Kier alpha value is -2.62. The van der Waals surface area contributed by atoms with Gasteiger partial charge in [0, 0.05) is 23.2 Å². The maximum atomic E-state index is 12.9. The molecule has 2 aliphatic carbocycles. The Morgan fingerprint density at radius 1 is 0.867 bits per heavy atom. The van der Waals surface area contributed by atoms with Gasteiger partial charge in [-0.2, -0.15) is 0 Å². The second-order valence-corrected chi connectivity index (χ2v) is 8.98.